The van der Waals surface area contributed by atoms with Crippen molar-refractivity contribution < 1.29 is 27.9 Å². The van der Waals surface area contributed by atoms with Crippen LogP contribution in [0.15, 0.2) is 84.6 Å². The van der Waals surface area contributed by atoms with E-state index >= 15 is 0 Å². The molecule has 0 radical (unpaired) electrons. The van der Waals surface area contributed by atoms with Crippen molar-refractivity contribution in [3.8, 4) is 11.1 Å². The maximum atomic E-state index is 13.0. The van der Waals surface area contributed by atoms with Gasteiger partial charge in [0.25, 0.3) is 5.91 Å². The van der Waals surface area contributed by atoms with Gasteiger partial charge in [0.15, 0.2) is 0 Å². The molecule has 1 aliphatic heterocycles. The van der Waals surface area contributed by atoms with Crippen LogP contribution < -0.4 is 15.5 Å². The number of nitrogens with zero attached hydrogens (tertiary/aromatic N) is 1. The van der Waals surface area contributed by atoms with E-state index in [-0.39, 0.29) is 18.0 Å². The summed E-state index contributed by atoms with van der Waals surface area (Å²) in [6.07, 6.45) is -2.35. The third-order valence-electron chi connectivity index (χ3n) is 5.57. The highest BCUT2D eigenvalue weighted by Gasteiger charge is 2.30. The third kappa shape index (κ3) is 5.52. The molecule has 3 aromatic rings. The summed E-state index contributed by atoms with van der Waals surface area (Å²) in [5.74, 6) is -0.401. The van der Waals surface area contributed by atoms with Crippen molar-refractivity contribution in [3.63, 3.8) is 0 Å². The lowest BCUT2D eigenvalue weighted by Gasteiger charge is -2.27. The second-order valence-corrected chi connectivity index (χ2v) is 7.88. The molecule has 6 nitrogen and oxygen atoms in total. The normalized spacial score (nSPS) is 13.9. The molecule has 3 aromatic carbocycles. The minimum absolute atomic E-state index is 0.0790. The third-order valence-corrected chi connectivity index (χ3v) is 5.57. The van der Waals surface area contributed by atoms with Gasteiger partial charge < -0.3 is 20.6 Å². The Morgan fingerprint density at radius 3 is 2.29 bits per heavy atom. The first-order valence-corrected chi connectivity index (χ1v) is 10.8. The summed E-state index contributed by atoms with van der Waals surface area (Å²) < 4.78 is 38.1. The maximum Gasteiger partial charge on any atom is 0.416 e. The van der Waals surface area contributed by atoms with Crippen LogP contribution in [-0.4, -0.2) is 23.6 Å². The number of alkyl halides is 3. The van der Waals surface area contributed by atoms with Crippen LogP contribution in [0.25, 0.3) is 11.1 Å². The van der Waals surface area contributed by atoms with E-state index in [1.54, 1.807) is 18.2 Å². The fraction of sp³-hybridized carbons (Fsp3) is 0.154. The van der Waals surface area contributed by atoms with Crippen LogP contribution in [0.1, 0.15) is 17.5 Å². The van der Waals surface area contributed by atoms with Crippen molar-refractivity contribution in [1.29, 1.82) is 0 Å². The molecule has 0 saturated heterocycles. The SMILES string of the molecule is O=C(NC1=CCCN(c2ccc(-c3ccccc3CO)cc2)C1=O)Nc1ccc(C(F)(F)F)cc1. The highest BCUT2D eigenvalue weighted by Crippen LogP contribution is 2.30. The summed E-state index contributed by atoms with van der Waals surface area (Å²) in [4.78, 5) is 26.9. The second-order valence-electron chi connectivity index (χ2n) is 7.88. The van der Waals surface area contributed by atoms with E-state index in [0.29, 0.717) is 18.7 Å². The van der Waals surface area contributed by atoms with Gasteiger partial charge in [-0.1, -0.05) is 42.5 Å². The van der Waals surface area contributed by atoms with Crippen molar-refractivity contribution in [2.75, 3.05) is 16.8 Å². The molecule has 35 heavy (non-hydrogen) atoms. The zero-order valence-electron chi connectivity index (χ0n) is 18.5. The minimum atomic E-state index is -4.47. The van der Waals surface area contributed by atoms with Gasteiger partial charge in [-0.3, -0.25) is 4.79 Å². The van der Waals surface area contributed by atoms with Crippen molar-refractivity contribution in [2.45, 2.75) is 19.2 Å². The summed E-state index contributed by atoms with van der Waals surface area (Å²) in [5.41, 5.74) is 2.65. The number of hydrogen-bond donors (Lipinski definition) is 3. The molecule has 4 rings (SSSR count). The standard InChI is InChI=1S/C26H22F3N3O3/c27-26(28,29)19-9-11-20(12-10-19)30-25(35)31-23-6-3-15-32(24(23)34)21-13-7-17(8-14-21)22-5-2-1-4-18(22)16-33/h1-2,4-14,33H,3,15-16H2,(H2,30,31,35). The molecule has 3 N–H and O–H groups in total. The van der Waals surface area contributed by atoms with Gasteiger partial charge in [0, 0.05) is 17.9 Å². The van der Waals surface area contributed by atoms with Gasteiger partial charge in [0.2, 0.25) is 0 Å². The molecule has 0 fully saturated rings. The number of halogens is 3. The topological polar surface area (TPSA) is 81.7 Å². The maximum absolute atomic E-state index is 13.0. The van der Waals surface area contributed by atoms with E-state index in [9.17, 15) is 27.9 Å². The fourth-order valence-corrected chi connectivity index (χ4v) is 3.81. The molecule has 1 heterocycles. The highest BCUT2D eigenvalue weighted by atomic mass is 19.4. The molecule has 0 unspecified atom stereocenters. The van der Waals surface area contributed by atoms with Crippen molar-refractivity contribution >= 4 is 23.3 Å². The van der Waals surface area contributed by atoms with Crippen molar-refractivity contribution in [3.05, 3.63) is 95.7 Å². The van der Waals surface area contributed by atoms with E-state index in [0.717, 1.165) is 41.0 Å². The molecule has 0 aromatic heterocycles. The summed E-state index contributed by atoms with van der Waals surface area (Å²) in [5, 5.41) is 14.5. The quantitative estimate of drug-likeness (QED) is 0.462. The Labute approximate surface area is 199 Å². The minimum Gasteiger partial charge on any atom is -0.392 e. The lowest BCUT2D eigenvalue weighted by atomic mass is 9.99. The van der Waals surface area contributed by atoms with Crippen LogP contribution in [-0.2, 0) is 17.6 Å². The molecule has 0 spiro atoms. The molecule has 9 heteroatoms. The molecule has 0 saturated carbocycles. The van der Waals surface area contributed by atoms with E-state index in [4.69, 9.17) is 0 Å². The molecule has 1 aliphatic rings. The van der Waals surface area contributed by atoms with E-state index in [1.165, 1.54) is 4.90 Å². The summed E-state index contributed by atoms with van der Waals surface area (Å²) in [7, 11) is 0. The number of anilines is 2. The summed E-state index contributed by atoms with van der Waals surface area (Å²) >= 11 is 0. The number of rotatable bonds is 5. The number of benzene rings is 3. The zero-order chi connectivity index (χ0) is 25.0. The lowest BCUT2D eigenvalue weighted by Crippen LogP contribution is -2.42. The predicted octanol–water partition coefficient (Wildman–Crippen LogP) is 5.31. The number of carbonyl (C=O) groups excluding carboxylic acids is 2. The molecule has 0 atom stereocenters. The summed E-state index contributed by atoms with van der Waals surface area (Å²) in [6, 6.07) is 18.1. The van der Waals surface area contributed by atoms with Gasteiger partial charge in [-0.25, -0.2) is 4.79 Å². The van der Waals surface area contributed by atoms with Gasteiger partial charge in [-0.15, -0.1) is 0 Å². The molecule has 0 aliphatic carbocycles. The van der Waals surface area contributed by atoms with Crippen LogP contribution in [0.5, 0.6) is 0 Å². The number of aliphatic hydroxyl groups excluding tert-OH is 1. The van der Waals surface area contributed by atoms with Crippen LogP contribution in [0.4, 0.5) is 29.3 Å². The van der Waals surface area contributed by atoms with E-state index in [2.05, 4.69) is 10.6 Å². The van der Waals surface area contributed by atoms with Crippen molar-refractivity contribution in [2.24, 2.45) is 0 Å². The smallest absolute Gasteiger partial charge is 0.392 e. The van der Waals surface area contributed by atoms with E-state index < -0.39 is 23.7 Å². The lowest BCUT2D eigenvalue weighted by molar-refractivity contribution is -0.137. The molecular weight excluding hydrogens is 459 g/mol. The second kappa shape index (κ2) is 10.0. The van der Waals surface area contributed by atoms with Gasteiger partial charge >= 0.3 is 12.2 Å². The molecule has 3 amide bonds. The van der Waals surface area contributed by atoms with E-state index in [1.807, 2.05) is 36.4 Å². The predicted molar refractivity (Wildman–Crippen MR) is 126 cm³/mol. The Balaban J connectivity index is 1.42. The largest absolute Gasteiger partial charge is 0.416 e. The Hall–Kier alpha value is -4.11. The monoisotopic (exact) mass is 481 g/mol. The summed E-state index contributed by atoms with van der Waals surface area (Å²) in [6.45, 7) is 0.341. The molecular formula is C26H22F3N3O3. The molecule has 0 bridgehead atoms. The van der Waals surface area contributed by atoms with Crippen LogP contribution >= 0.6 is 0 Å². The Kier molecular flexibility index (Phi) is 6.88. The van der Waals surface area contributed by atoms with Gasteiger partial charge in [-0.05, 0) is 59.5 Å². The van der Waals surface area contributed by atoms with Gasteiger partial charge in [0.1, 0.15) is 5.70 Å². The number of urea groups is 1. The average Bonchev–Trinajstić information content (AvgIpc) is 2.85. The number of amides is 3. The first-order valence-electron chi connectivity index (χ1n) is 10.8. The fourth-order valence-electron chi connectivity index (χ4n) is 3.81. The first-order chi connectivity index (χ1) is 16.8. The van der Waals surface area contributed by atoms with Gasteiger partial charge in [-0.2, -0.15) is 13.2 Å². The number of hydrogen-bond acceptors (Lipinski definition) is 3. The first kappa shape index (κ1) is 24.0. The van der Waals surface area contributed by atoms with Crippen LogP contribution in [0.2, 0.25) is 0 Å². The van der Waals surface area contributed by atoms with Crippen molar-refractivity contribution in [1.82, 2.24) is 5.32 Å². The molecule has 180 valence electrons. The van der Waals surface area contributed by atoms with Crippen LogP contribution in [0.3, 0.4) is 0 Å². The average molecular weight is 481 g/mol. The zero-order valence-corrected chi connectivity index (χ0v) is 18.5. The number of nitrogens with one attached hydrogen (secondary N) is 2. The number of carbonyl (C=O) groups is 2. The Morgan fingerprint density at radius 2 is 1.63 bits per heavy atom. The Morgan fingerprint density at radius 1 is 0.943 bits per heavy atom. The van der Waals surface area contributed by atoms with Gasteiger partial charge in [0.05, 0.1) is 12.2 Å². The number of aliphatic hydroxyl groups is 1. The Bertz CT molecular complexity index is 1250. The van der Waals surface area contributed by atoms with Crippen LogP contribution in [0, 0.1) is 0 Å². The highest BCUT2D eigenvalue weighted by molar-refractivity contribution is 6.09.